The molecule has 4 nitrogen and oxygen atoms in total. The van der Waals surface area contributed by atoms with Crippen molar-refractivity contribution in [2.45, 2.75) is 18.6 Å². The van der Waals surface area contributed by atoms with Gasteiger partial charge in [-0.3, -0.25) is 0 Å². The van der Waals surface area contributed by atoms with Crippen LogP contribution in [0.25, 0.3) is 0 Å². The fraction of sp³-hybridized carbons (Fsp3) is 0.300. The van der Waals surface area contributed by atoms with E-state index in [0.29, 0.717) is 10.6 Å². The SMILES string of the molecule is CC(O)(C(=O)O)[C@H](O)c1ccc(Cl)cc1. The van der Waals surface area contributed by atoms with Gasteiger partial charge in [0.05, 0.1) is 0 Å². The van der Waals surface area contributed by atoms with Gasteiger partial charge in [0.1, 0.15) is 6.10 Å². The van der Waals surface area contributed by atoms with Gasteiger partial charge < -0.3 is 15.3 Å². The summed E-state index contributed by atoms with van der Waals surface area (Å²) in [5.41, 5.74) is -1.92. The molecule has 1 unspecified atom stereocenters. The van der Waals surface area contributed by atoms with Crippen molar-refractivity contribution in [2.75, 3.05) is 0 Å². The van der Waals surface area contributed by atoms with Crippen LogP contribution in [0.15, 0.2) is 24.3 Å². The summed E-state index contributed by atoms with van der Waals surface area (Å²) in [6, 6.07) is 5.95. The van der Waals surface area contributed by atoms with E-state index < -0.39 is 17.7 Å². The van der Waals surface area contributed by atoms with Gasteiger partial charge in [0.15, 0.2) is 5.60 Å². The van der Waals surface area contributed by atoms with Crippen LogP contribution in [0.3, 0.4) is 0 Å². The molecule has 82 valence electrons. The van der Waals surface area contributed by atoms with E-state index in [-0.39, 0.29) is 0 Å². The van der Waals surface area contributed by atoms with E-state index in [1.54, 1.807) is 0 Å². The molecule has 0 saturated heterocycles. The first-order valence-corrected chi connectivity index (χ1v) is 4.63. The fourth-order valence-electron chi connectivity index (χ4n) is 1.09. The number of hydrogen-bond acceptors (Lipinski definition) is 3. The Morgan fingerprint density at radius 3 is 2.27 bits per heavy atom. The Morgan fingerprint density at radius 1 is 1.40 bits per heavy atom. The molecule has 0 aliphatic carbocycles. The number of carboxylic acids is 1. The van der Waals surface area contributed by atoms with Crippen LogP contribution in [0.4, 0.5) is 0 Å². The number of hydrogen-bond donors (Lipinski definition) is 3. The number of benzene rings is 1. The lowest BCUT2D eigenvalue weighted by atomic mass is 9.93. The zero-order chi connectivity index (χ0) is 11.6. The molecule has 0 fully saturated rings. The zero-order valence-corrected chi connectivity index (χ0v) is 8.77. The molecule has 1 aromatic carbocycles. The van der Waals surface area contributed by atoms with Gasteiger partial charge in [-0.25, -0.2) is 4.79 Å². The van der Waals surface area contributed by atoms with Gasteiger partial charge in [-0.05, 0) is 24.6 Å². The molecule has 0 aliphatic rings. The number of carboxylic acid groups (broad SMARTS) is 1. The quantitative estimate of drug-likeness (QED) is 0.729. The molecule has 1 aromatic rings. The summed E-state index contributed by atoms with van der Waals surface area (Å²) in [6.07, 6.45) is -1.49. The highest BCUT2D eigenvalue weighted by Gasteiger charge is 2.39. The molecule has 0 bridgehead atoms. The summed E-state index contributed by atoms with van der Waals surface area (Å²) >= 11 is 5.63. The third kappa shape index (κ3) is 2.47. The molecular formula is C10H11ClO4. The number of aliphatic hydroxyl groups excluding tert-OH is 1. The van der Waals surface area contributed by atoms with Crippen LogP contribution >= 0.6 is 11.6 Å². The highest BCUT2D eigenvalue weighted by Crippen LogP contribution is 2.26. The van der Waals surface area contributed by atoms with Crippen LogP contribution in [0.1, 0.15) is 18.6 Å². The Kier molecular flexibility index (Phi) is 3.34. The lowest BCUT2D eigenvalue weighted by Crippen LogP contribution is -2.41. The molecule has 0 aromatic heterocycles. The van der Waals surface area contributed by atoms with Crippen molar-refractivity contribution in [3.05, 3.63) is 34.9 Å². The minimum atomic E-state index is -2.21. The second-order valence-corrected chi connectivity index (χ2v) is 3.84. The Hall–Kier alpha value is -1.10. The largest absolute Gasteiger partial charge is 0.479 e. The van der Waals surface area contributed by atoms with Crippen LogP contribution in [0.5, 0.6) is 0 Å². The zero-order valence-electron chi connectivity index (χ0n) is 8.01. The molecule has 0 aliphatic heterocycles. The average molecular weight is 231 g/mol. The van der Waals surface area contributed by atoms with Crippen LogP contribution in [-0.2, 0) is 4.79 Å². The second-order valence-electron chi connectivity index (χ2n) is 3.41. The number of carbonyl (C=O) groups is 1. The summed E-state index contributed by atoms with van der Waals surface area (Å²) in [4.78, 5) is 10.7. The molecule has 2 atom stereocenters. The van der Waals surface area contributed by atoms with Crippen LogP contribution < -0.4 is 0 Å². The Bertz CT molecular complexity index is 358. The van der Waals surface area contributed by atoms with Gasteiger partial charge in [0.25, 0.3) is 0 Å². The van der Waals surface area contributed by atoms with Crippen molar-refractivity contribution in [1.82, 2.24) is 0 Å². The van der Waals surface area contributed by atoms with Crippen molar-refractivity contribution in [1.29, 1.82) is 0 Å². The first-order valence-electron chi connectivity index (χ1n) is 4.25. The van der Waals surface area contributed by atoms with E-state index in [1.807, 2.05) is 0 Å². The van der Waals surface area contributed by atoms with Gasteiger partial charge in [-0.15, -0.1) is 0 Å². The summed E-state index contributed by atoms with van der Waals surface area (Å²) < 4.78 is 0. The van der Waals surface area contributed by atoms with Crippen molar-refractivity contribution in [2.24, 2.45) is 0 Å². The molecular weight excluding hydrogens is 220 g/mol. The molecule has 0 amide bonds. The maximum absolute atomic E-state index is 10.7. The molecule has 0 heterocycles. The summed E-state index contributed by atoms with van der Waals surface area (Å²) in [6.45, 7) is 1.04. The summed E-state index contributed by atoms with van der Waals surface area (Å²) in [5.74, 6) is -1.48. The molecule has 15 heavy (non-hydrogen) atoms. The maximum atomic E-state index is 10.7. The summed E-state index contributed by atoms with van der Waals surface area (Å²) in [7, 11) is 0. The third-order valence-corrected chi connectivity index (χ3v) is 2.40. The van der Waals surface area contributed by atoms with E-state index in [9.17, 15) is 15.0 Å². The first kappa shape index (κ1) is 12.0. The lowest BCUT2D eigenvalue weighted by molar-refractivity contribution is -0.169. The number of halogens is 1. The topological polar surface area (TPSA) is 77.8 Å². The van der Waals surface area contributed by atoms with Crippen molar-refractivity contribution in [3.8, 4) is 0 Å². The smallest absolute Gasteiger partial charge is 0.338 e. The predicted molar refractivity (Wildman–Crippen MR) is 54.7 cm³/mol. The lowest BCUT2D eigenvalue weighted by Gasteiger charge is -2.24. The minimum Gasteiger partial charge on any atom is -0.479 e. The number of rotatable bonds is 3. The number of aliphatic carboxylic acids is 1. The molecule has 3 N–H and O–H groups in total. The van der Waals surface area contributed by atoms with Gasteiger partial charge in [-0.2, -0.15) is 0 Å². The van der Waals surface area contributed by atoms with Gasteiger partial charge >= 0.3 is 5.97 Å². The van der Waals surface area contributed by atoms with Gasteiger partial charge in [-0.1, -0.05) is 23.7 Å². The molecule has 0 radical (unpaired) electrons. The molecule has 1 rings (SSSR count). The van der Waals surface area contributed by atoms with Crippen LogP contribution in [0, 0.1) is 0 Å². The predicted octanol–water partition coefficient (Wildman–Crippen LogP) is 1.21. The van der Waals surface area contributed by atoms with Crippen molar-refractivity contribution >= 4 is 17.6 Å². The van der Waals surface area contributed by atoms with Crippen molar-refractivity contribution in [3.63, 3.8) is 0 Å². The average Bonchev–Trinajstić information content (AvgIpc) is 2.17. The van der Waals surface area contributed by atoms with E-state index in [0.717, 1.165) is 6.92 Å². The summed E-state index contributed by atoms with van der Waals surface area (Å²) in [5, 5.41) is 28.3. The van der Waals surface area contributed by atoms with Crippen LogP contribution in [-0.4, -0.2) is 26.9 Å². The monoisotopic (exact) mass is 230 g/mol. The van der Waals surface area contributed by atoms with E-state index in [4.69, 9.17) is 16.7 Å². The Balaban J connectivity index is 2.99. The molecule has 0 spiro atoms. The Labute approximate surface area is 91.7 Å². The highest BCUT2D eigenvalue weighted by atomic mass is 35.5. The van der Waals surface area contributed by atoms with E-state index in [1.165, 1.54) is 24.3 Å². The standard InChI is InChI=1S/C10H11ClO4/c1-10(15,9(13)14)8(12)6-2-4-7(11)5-3-6/h2-5,8,12,15H,1H3,(H,13,14)/t8-,10?/m1/s1. The number of aliphatic hydroxyl groups is 2. The molecule has 5 heteroatoms. The first-order chi connectivity index (χ1) is 6.85. The highest BCUT2D eigenvalue weighted by molar-refractivity contribution is 6.30. The maximum Gasteiger partial charge on any atom is 0.338 e. The van der Waals surface area contributed by atoms with E-state index >= 15 is 0 Å². The second kappa shape index (κ2) is 4.18. The fourth-order valence-corrected chi connectivity index (χ4v) is 1.21. The minimum absolute atomic E-state index is 0.298. The Morgan fingerprint density at radius 2 is 1.87 bits per heavy atom. The van der Waals surface area contributed by atoms with Gasteiger partial charge in [0, 0.05) is 5.02 Å². The van der Waals surface area contributed by atoms with E-state index in [2.05, 4.69) is 0 Å². The van der Waals surface area contributed by atoms with Crippen molar-refractivity contribution < 1.29 is 20.1 Å². The molecule has 0 saturated carbocycles. The normalized spacial score (nSPS) is 16.8. The third-order valence-electron chi connectivity index (χ3n) is 2.15. The van der Waals surface area contributed by atoms with Gasteiger partial charge in [0.2, 0.25) is 0 Å². The van der Waals surface area contributed by atoms with Crippen LogP contribution in [0.2, 0.25) is 5.02 Å².